The molecular formula is C18H26N2O3. The average Bonchev–Trinajstić information content (AvgIpc) is 2.53. The Kier molecular flexibility index (Phi) is 5.09. The van der Waals surface area contributed by atoms with Crippen molar-refractivity contribution in [3.8, 4) is 0 Å². The molecule has 1 saturated heterocycles. The molecule has 0 atom stereocenters. The van der Waals surface area contributed by atoms with E-state index in [2.05, 4.69) is 5.32 Å². The average molecular weight is 318 g/mol. The smallest absolute Gasteiger partial charge is 0.230 e. The van der Waals surface area contributed by atoms with Gasteiger partial charge in [-0.05, 0) is 39.2 Å². The molecule has 5 heteroatoms. The van der Waals surface area contributed by atoms with E-state index in [1.54, 1.807) is 0 Å². The highest BCUT2D eigenvalue weighted by molar-refractivity contribution is 5.88. The molecule has 3 N–H and O–H groups in total. The Balaban J connectivity index is 2.08. The van der Waals surface area contributed by atoms with Gasteiger partial charge in [-0.2, -0.15) is 0 Å². The van der Waals surface area contributed by atoms with Crippen LogP contribution < -0.4 is 11.1 Å². The Hall–Kier alpha value is -1.88. The molecule has 5 nitrogen and oxygen atoms in total. The Bertz CT molecular complexity index is 572. The number of hydrogen-bond donors (Lipinski definition) is 2. The van der Waals surface area contributed by atoms with Crippen LogP contribution in [0, 0.1) is 12.3 Å². The molecule has 0 saturated carbocycles. The van der Waals surface area contributed by atoms with Gasteiger partial charge in [0.05, 0.1) is 10.8 Å². The van der Waals surface area contributed by atoms with Crippen molar-refractivity contribution in [1.82, 2.24) is 5.32 Å². The predicted molar refractivity (Wildman–Crippen MR) is 88.9 cm³/mol. The highest BCUT2D eigenvalue weighted by Crippen LogP contribution is 2.30. The number of primary amides is 1. The lowest BCUT2D eigenvalue weighted by molar-refractivity contribution is -0.134. The monoisotopic (exact) mass is 318 g/mol. The molecule has 2 rings (SSSR count). The number of benzene rings is 1. The van der Waals surface area contributed by atoms with Crippen LogP contribution in [0.15, 0.2) is 24.3 Å². The standard InChI is InChI=1S/C18H26N2O3/c1-13-4-6-14(7-5-13)17(2,3)16(22)20-12-18(15(19)21)8-10-23-11-9-18/h4-7H,8-12H2,1-3H3,(H2,19,21)(H,20,22). The molecule has 23 heavy (non-hydrogen) atoms. The second-order valence-electron chi connectivity index (χ2n) is 6.93. The molecule has 1 aliphatic heterocycles. The lowest BCUT2D eigenvalue weighted by Crippen LogP contribution is -2.52. The van der Waals surface area contributed by atoms with Gasteiger partial charge in [0.25, 0.3) is 0 Å². The molecule has 0 aliphatic carbocycles. The topological polar surface area (TPSA) is 81.4 Å². The first-order chi connectivity index (χ1) is 10.8. The fourth-order valence-electron chi connectivity index (χ4n) is 2.84. The molecule has 1 aromatic rings. The van der Waals surface area contributed by atoms with Crippen molar-refractivity contribution in [1.29, 1.82) is 0 Å². The summed E-state index contributed by atoms with van der Waals surface area (Å²) in [5.41, 5.74) is 6.31. The van der Waals surface area contributed by atoms with Gasteiger partial charge in [0, 0.05) is 19.8 Å². The molecule has 0 radical (unpaired) electrons. The fraction of sp³-hybridized carbons (Fsp3) is 0.556. The molecule has 2 amide bonds. The van der Waals surface area contributed by atoms with Crippen LogP contribution in [0.1, 0.15) is 37.8 Å². The van der Waals surface area contributed by atoms with Gasteiger partial charge >= 0.3 is 0 Å². The third kappa shape index (κ3) is 3.72. The number of carbonyl (C=O) groups excluding carboxylic acids is 2. The third-order valence-corrected chi connectivity index (χ3v) is 4.90. The van der Waals surface area contributed by atoms with Gasteiger partial charge in [-0.1, -0.05) is 29.8 Å². The summed E-state index contributed by atoms with van der Waals surface area (Å²) in [7, 11) is 0. The normalized spacial score (nSPS) is 17.5. The summed E-state index contributed by atoms with van der Waals surface area (Å²) >= 11 is 0. The number of rotatable bonds is 5. The van der Waals surface area contributed by atoms with Crippen LogP contribution in [-0.4, -0.2) is 31.6 Å². The molecule has 0 spiro atoms. The van der Waals surface area contributed by atoms with Crippen molar-refractivity contribution < 1.29 is 14.3 Å². The largest absolute Gasteiger partial charge is 0.381 e. The van der Waals surface area contributed by atoms with Crippen LogP contribution in [0.5, 0.6) is 0 Å². The molecular weight excluding hydrogens is 292 g/mol. The van der Waals surface area contributed by atoms with Gasteiger partial charge in [0.2, 0.25) is 11.8 Å². The van der Waals surface area contributed by atoms with Crippen molar-refractivity contribution in [3.05, 3.63) is 35.4 Å². The van der Waals surface area contributed by atoms with Crippen LogP contribution in [0.3, 0.4) is 0 Å². The predicted octanol–water partition coefficient (Wildman–Crippen LogP) is 1.67. The second kappa shape index (κ2) is 6.71. The first-order valence-electron chi connectivity index (χ1n) is 8.01. The molecule has 0 bridgehead atoms. The molecule has 1 aliphatic rings. The molecule has 0 aromatic heterocycles. The first-order valence-corrected chi connectivity index (χ1v) is 8.01. The van der Waals surface area contributed by atoms with E-state index in [1.165, 1.54) is 0 Å². The van der Waals surface area contributed by atoms with Crippen molar-refractivity contribution in [2.45, 2.75) is 39.0 Å². The van der Waals surface area contributed by atoms with Crippen LogP contribution in [0.2, 0.25) is 0 Å². The minimum atomic E-state index is -0.697. The Morgan fingerprint density at radius 2 is 1.78 bits per heavy atom. The zero-order chi connectivity index (χ0) is 17.1. The van der Waals surface area contributed by atoms with Crippen molar-refractivity contribution in [2.24, 2.45) is 11.1 Å². The van der Waals surface area contributed by atoms with Crippen LogP contribution >= 0.6 is 0 Å². The van der Waals surface area contributed by atoms with Crippen molar-refractivity contribution >= 4 is 11.8 Å². The zero-order valence-corrected chi connectivity index (χ0v) is 14.1. The zero-order valence-electron chi connectivity index (χ0n) is 14.1. The number of aryl methyl sites for hydroxylation is 1. The molecule has 1 fully saturated rings. The number of nitrogens with one attached hydrogen (secondary N) is 1. The third-order valence-electron chi connectivity index (χ3n) is 4.90. The maximum absolute atomic E-state index is 12.7. The quantitative estimate of drug-likeness (QED) is 0.866. The highest BCUT2D eigenvalue weighted by Gasteiger charge is 2.40. The Labute approximate surface area is 137 Å². The van der Waals surface area contributed by atoms with Gasteiger partial charge in [0.15, 0.2) is 0 Å². The molecule has 1 heterocycles. The number of carbonyl (C=O) groups is 2. The van der Waals surface area contributed by atoms with Crippen molar-refractivity contribution in [2.75, 3.05) is 19.8 Å². The fourth-order valence-corrected chi connectivity index (χ4v) is 2.84. The summed E-state index contributed by atoms with van der Waals surface area (Å²) in [6, 6.07) is 7.92. The van der Waals surface area contributed by atoms with Crippen LogP contribution in [0.4, 0.5) is 0 Å². The summed E-state index contributed by atoms with van der Waals surface area (Å²) in [6.45, 7) is 7.04. The highest BCUT2D eigenvalue weighted by atomic mass is 16.5. The number of nitrogens with two attached hydrogens (primary N) is 1. The maximum Gasteiger partial charge on any atom is 0.230 e. The SMILES string of the molecule is Cc1ccc(C(C)(C)C(=O)NCC2(C(N)=O)CCOCC2)cc1. The molecule has 0 unspecified atom stereocenters. The van der Waals surface area contributed by atoms with Crippen molar-refractivity contribution in [3.63, 3.8) is 0 Å². The molecule has 1 aromatic carbocycles. The Morgan fingerprint density at radius 1 is 1.22 bits per heavy atom. The lowest BCUT2D eigenvalue weighted by Gasteiger charge is -2.35. The minimum Gasteiger partial charge on any atom is -0.381 e. The summed E-state index contributed by atoms with van der Waals surface area (Å²) < 4.78 is 5.31. The Morgan fingerprint density at radius 3 is 2.30 bits per heavy atom. The van der Waals surface area contributed by atoms with E-state index in [0.29, 0.717) is 26.1 Å². The van der Waals surface area contributed by atoms with E-state index in [1.807, 2.05) is 45.0 Å². The molecule has 126 valence electrons. The van der Waals surface area contributed by atoms with Gasteiger partial charge in [-0.15, -0.1) is 0 Å². The minimum absolute atomic E-state index is 0.103. The van der Waals surface area contributed by atoms with E-state index in [0.717, 1.165) is 11.1 Å². The summed E-state index contributed by atoms with van der Waals surface area (Å²) in [5.74, 6) is -0.470. The number of amides is 2. The van der Waals surface area contributed by atoms with E-state index in [-0.39, 0.29) is 18.4 Å². The van der Waals surface area contributed by atoms with E-state index in [4.69, 9.17) is 10.5 Å². The van der Waals surface area contributed by atoms with Gasteiger partial charge in [-0.25, -0.2) is 0 Å². The maximum atomic E-state index is 12.7. The van der Waals surface area contributed by atoms with E-state index >= 15 is 0 Å². The van der Waals surface area contributed by atoms with Gasteiger partial charge in [-0.3, -0.25) is 9.59 Å². The van der Waals surface area contributed by atoms with Gasteiger partial charge in [0.1, 0.15) is 0 Å². The second-order valence-corrected chi connectivity index (χ2v) is 6.93. The van der Waals surface area contributed by atoms with E-state index < -0.39 is 10.8 Å². The lowest BCUT2D eigenvalue weighted by atomic mass is 9.78. The first kappa shape index (κ1) is 17.5. The van der Waals surface area contributed by atoms with Crippen LogP contribution in [0.25, 0.3) is 0 Å². The summed E-state index contributed by atoms with van der Waals surface area (Å²) in [4.78, 5) is 24.5. The summed E-state index contributed by atoms with van der Waals surface area (Å²) in [5, 5.41) is 2.93. The number of hydrogen-bond acceptors (Lipinski definition) is 3. The van der Waals surface area contributed by atoms with Gasteiger partial charge < -0.3 is 15.8 Å². The van der Waals surface area contributed by atoms with E-state index in [9.17, 15) is 9.59 Å². The summed E-state index contributed by atoms with van der Waals surface area (Å²) in [6.07, 6.45) is 1.10. The number of ether oxygens (including phenoxy) is 1. The van der Waals surface area contributed by atoms with Crippen LogP contribution in [-0.2, 0) is 19.7 Å².